The molecule has 1 aromatic carbocycles. The molecular weight excluding hydrogens is 296 g/mol. The van der Waals surface area contributed by atoms with Crippen molar-refractivity contribution in [2.45, 2.75) is 13.8 Å². The average Bonchev–Trinajstić information content (AvgIpc) is 2.55. The van der Waals surface area contributed by atoms with Crippen LogP contribution in [0.2, 0.25) is 0 Å². The molecular formula is C16H26N4O3. The summed E-state index contributed by atoms with van der Waals surface area (Å²) in [6.07, 6.45) is 0. The third-order valence-electron chi connectivity index (χ3n) is 3.64. The molecule has 0 aliphatic carbocycles. The van der Waals surface area contributed by atoms with Crippen LogP contribution in [0.1, 0.15) is 24.2 Å². The lowest BCUT2D eigenvalue weighted by atomic mass is 10.1. The summed E-state index contributed by atoms with van der Waals surface area (Å²) in [6, 6.07) is 5.39. The summed E-state index contributed by atoms with van der Waals surface area (Å²) in [5, 5.41) is 2.11. The second-order valence-electron chi connectivity index (χ2n) is 5.41. The maximum absolute atomic E-state index is 12.2. The first-order chi connectivity index (χ1) is 11.1. The van der Waals surface area contributed by atoms with E-state index in [1.807, 2.05) is 19.9 Å². The van der Waals surface area contributed by atoms with Crippen LogP contribution in [0, 0.1) is 0 Å². The number of piperazine rings is 1. The molecule has 1 aliphatic rings. The molecule has 7 nitrogen and oxygen atoms in total. The molecule has 0 bridgehead atoms. The lowest BCUT2D eigenvalue weighted by Gasteiger charge is -2.33. The number of benzene rings is 1. The molecule has 7 heteroatoms. The van der Waals surface area contributed by atoms with E-state index in [0.717, 1.165) is 37.6 Å². The fraction of sp³-hybridized carbons (Fsp3) is 0.562. The number of rotatable bonds is 7. The van der Waals surface area contributed by atoms with Crippen LogP contribution in [-0.4, -0.2) is 62.3 Å². The van der Waals surface area contributed by atoms with Gasteiger partial charge in [-0.2, -0.15) is 0 Å². The minimum absolute atomic E-state index is 0.272. The topological polar surface area (TPSA) is 66.1 Å². The molecule has 1 aliphatic heterocycles. The molecule has 2 N–H and O–H groups in total. The second kappa shape index (κ2) is 8.71. The van der Waals surface area contributed by atoms with Crippen LogP contribution in [0.25, 0.3) is 0 Å². The molecule has 1 heterocycles. The van der Waals surface area contributed by atoms with Crippen LogP contribution in [0.15, 0.2) is 18.2 Å². The van der Waals surface area contributed by atoms with Gasteiger partial charge in [-0.3, -0.25) is 9.63 Å². The van der Waals surface area contributed by atoms with E-state index in [4.69, 9.17) is 9.57 Å². The van der Waals surface area contributed by atoms with Crippen LogP contribution in [0.4, 0.5) is 5.69 Å². The van der Waals surface area contributed by atoms with Gasteiger partial charge in [0.2, 0.25) is 0 Å². The van der Waals surface area contributed by atoms with Crippen molar-refractivity contribution in [3.63, 3.8) is 0 Å². The molecule has 1 aromatic rings. The number of nitrogens with one attached hydrogen (secondary N) is 2. The van der Waals surface area contributed by atoms with E-state index >= 15 is 0 Å². The van der Waals surface area contributed by atoms with Gasteiger partial charge in [-0.05, 0) is 33.0 Å². The van der Waals surface area contributed by atoms with Crippen molar-refractivity contribution in [1.82, 2.24) is 15.4 Å². The highest BCUT2D eigenvalue weighted by Gasteiger charge is 2.18. The normalized spacial score (nSPS) is 16.1. The average molecular weight is 322 g/mol. The minimum atomic E-state index is -0.272. The van der Waals surface area contributed by atoms with Gasteiger partial charge in [0.1, 0.15) is 5.75 Å². The molecule has 1 fully saturated rings. The number of amides is 1. The van der Waals surface area contributed by atoms with Crippen molar-refractivity contribution in [3.8, 4) is 5.75 Å². The van der Waals surface area contributed by atoms with Crippen molar-refractivity contribution in [2.75, 3.05) is 51.9 Å². The van der Waals surface area contributed by atoms with Gasteiger partial charge < -0.3 is 15.1 Å². The number of hydrazine groups is 1. The predicted molar refractivity (Wildman–Crippen MR) is 89.4 cm³/mol. The molecule has 2 rings (SSSR count). The summed E-state index contributed by atoms with van der Waals surface area (Å²) in [7, 11) is 2.11. The third-order valence-corrected chi connectivity index (χ3v) is 3.64. The quantitative estimate of drug-likeness (QED) is 0.739. The van der Waals surface area contributed by atoms with Gasteiger partial charge >= 0.3 is 0 Å². The summed E-state index contributed by atoms with van der Waals surface area (Å²) in [6.45, 7) is 8.51. The number of likely N-dealkylation sites (N-methyl/N-ethyl adjacent to an activating group) is 1. The van der Waals surface area contributed by atoms with E-state index in [1.54, 1.807) is 12.1 Å². The monoisotopic (exact) mass is 322 g/mol. The van der Waals surface area contributed by atoms with Crippen LogP contribution >= 0.6 is 0 Å². The van der Waals surface area contributed by atoms with Gasteiger partial charge in [-0.25, -0.2) is 10.5 Å². The van der Waals surface area contributed by atoms with E-state index < -0.39 is 0 Å². The Balaban J connectivity index is 2.15. The van der Waals surface area contributed by atoms with Crippen molar-refractivity contribution < 1.29 is 14.4 Å². The van der Waals surface area contributed by atoms with Crippen molar-refractivity contribution in [2.24, 2.45) is 0 Å². The lowest BCUT2D eigenvalue weighted by Crippen LogP contribution is -2.47. The predicted octanol–water partition coefficient (Wildman–Crippen LogP) is 1.34. The van der Waals surface area contributed by atoms with Gasteiger partial charge in [0.25, 0.3) is 5.91 Å². The zero-order valence-electron chi connectivity index (χ0n) is 14.1. The number of hydroxylamine groups is 1. The molecule has 0 spiro atoms. The highest BCUT2D eigenvalue weighted by Crippen LogP contribution is 2.24. The van der Waals surface area contributed by atoms with Crippen molar-refractivity contribution in [1.29, 1.82) is 0 Å². The molecule has 0 atom stereocenters. The molecule has 0 radical (unpaired) electrons. The second-order valence-corrected chi connectivity index (χ2v) is 5.41. The summed E-state index contributed by atoms with van der Waals surface area (Å²) in [5.41, 5.74) is 7.02. The molecule has 128 valence electrons. The first kappa shape index (κ1) is 17.5. The molecule has 0 unspecified atom stereocenters. The van der Waals surface area contributed by atoms with Crippen LogP contribution < -0.4 is 15.6 Å². The maximum Gasteiger partial charge on any atom is 0.276 e. The fourth-order valence-electron chi connectivity index (χ4n) is 2.35. The van der Waals surface area contributed by atoms with Gasteiger partial charge in [-0.15, -0.1) is 0 Å². The minimum Gasteiger partial charge on any atom is -0.494 e. The van der Waals surface area contributed by atoms with E-state index in [1.165, 1.54) is 0 Å². The Kier molecular flexibility index (Phi) is 6.64. The third kappa shape index (κ3) is 5.09. The van der Waals surface area contributed by atoms with E-state index in [2.05, 4.69) is 27.9 Å². The molecule has 0 saturated carbocycles. The van der Waals surface area contributed by atoms with E-state index in [0.29, 0.717) is 18.8 Å². The zero-order valence-corrected chi connectivity index (χ0v) is 14.1. The summed E-state index contributed by atoms with van der Waals surface area (Å²) in [5.74, 6) is 0.462. The Morgan fingerprint density at radius 1 is 1.17 bits per heavy atom. The smallest absolute Gasteiger partial charge is 0.276 e. The fourth-order valence-corrected chi connectivity index (χ4v) is 2.35. The van der Waals surface area contributed by atoms with Crippen LogP contribution in [0.5, 0.6) is 5.75 Å². The van der Waals surface area contributed by atoms with Crippen LogP contribution in [0.3, 0.4) is 0 Å². The van der Waals surface area contributed by atoms with E-state index in [-0.39, 0.29) is 5.91 Å². The SMILES string of the molecule is CCONC(=O)c1ccc(OCC)cc1NN1CCN(C)CC1. The Hall–Kier alpha value is -1.83. The number of ether oxygens (including phenoxy) is 1. The standard InChI is InChI=1S/C16H26N4O3/c1-4-22-13-6-7-14(16(21)18-23-5-2)15(12-13)17-20-10-8-19(3)9-11-20/h6-7,12,17H,4-5,8-11H2,1-3H3,(H,18,21). The first-order valence-electron chi connectivity index (χ1n) is 8.03. The largest absolute Gasteiger partial charge is 0.494 e. The number of hydrogen-bond acceptors (Lipinski definition) is 6. The maximum atomic E-state index is 12.2. The highest BCUT2D eigenvalue weighted by molar-refractivity contribution is 5.99. The van der Waals surface area contributed by atoms with Gasteiger partial charge in [0.05, 0.1) is 24.5 Å². The number of nitrogens with zero attached hydrogens (tertiary/aromatic N) is 2. The van der Waals surface area contributed by atoms with Gasteiger partial charge in [-0.1, -0.05) is 0 Å². The van der Waals surface area contributed by atoms with Crippen molar-refractivity contribution in [3.05, 3.63) is 23.8 Å². The number of hydrogen-bond donors (Lipinski definition) is 2. The molecule has 1 saturated heterocycles. The van der Waals surface area contributed by atoms with Gasteiger partial charge in [0.15, 0.2) is 0 Å². The summed E-state index contributed by atoms with van der Waals surface area (Å²) >= 11 is 0. The van der Waals surface area contributed by atoms with Crippen molar-refractivity contribution >= 4 is 11.6 Å². The number of carbonyl (C=O) groups is 1. The number of carbonyl (C=O) groups excluding carboxylic acids is 1. The van der Waals surface area contributed by atoms with Crippen LogP contribution in [-0.2, 0) is 4.84 Å². The molecule has 1 amide bonds. The summed E-state index contributed by atoms with van der Waals surface area (Å²) < 4.78 is 5.54. The Morgan fingerprint density at radius 2 is 1.91 bits per heavy atom. The summed E-state index contributed by atoms with van der Waals surface area (Å²) in [4.78, 5) is 19.5. The first-order valence-corrected chi connectivity index (χ1v) is 8.03. The lowest BCUT2D eigenvalue weighted by molar-refractivity contribution is 0.0365. The molecule has 0 aromatic heterocycles. The Labute approximate surface area is 137 Å². The number of anilines is 1. The Morgan fingerprint density at radius 3 is 2.57 bits per heavy atom. The Bertz CT molecular complexity index is 516. The highest BCUT2D eigenvalue weighted by atomic mass is 16.6. The zero-order chi connectivity index (χ0) is 16.7. The van der Waals surface area contributed by atoms with E-state index in [9.17, 15) is 4.79 Å². The molecule has 23 heavy (non-hydrogen) atoms. The van der Waals surface area contributed by atoms with Gasteiger partial charge in [0, 0.05) is 32.2 Å².